The van der Waals surface area contributed by atoms with Gasteiger partial charge in [0.2, 0.25) is 0 Å². The molecule has 0 aliphatic carbocycles. The largest absolute Gasteiger partial charge is 0.455 e. The molecule has 0 atom stereocenters. The summed E-state index contributed by atoms with van der Waals surface area (Å²) < 4.78 is 12.4. The quantitative estimate of drug-likeness (QED) is 0.193. The number of fused-ring (bicyclic) bond motifs is 6. The van der Waals surface area contributed by atoms with E-state index in [2.05, 4.69) is 143 Å². The molecule has 3 aromatic heterocycles. The highest BCUT2D eigenvalue weighted by Gasteiger charge is 2.22. The van der Waals surface area contributed by atoms with Gasteiger partial charge < -0.3 is 9.30 Å². The van der Waals surface area contributed by atoms with Crippen LogP contribution in [0.1, 0.15) is 26.3 Å². The Bertz CT molecular complexity index is 2320. The Hall–Kier alpha value is -4.87. The Morgan fingerprint density at radius 2 is 1.20 bits per heavy atom. The van der Waals surface area contributed by atoms with Crippen LogP contribution in [0.2, 0.25) is 0 Å². The van der Waals surface area contributed by atoms with Crippen molar-refractivity contribution in [3.63, 3.8) is 0 Å². The highest BCUT2D eigenvalue weighted by atomic mass is 79.9. The molecular formula is C39H30BrN3O. The summed E-state index contributed by atoms with van der Waals surface area (Å²) in [4.78, 5) is 4.89. The molecule has 8 aromatic rings. The molecule has 0 aliphatic rings. The molecule has 0 aliphatic heterocycles. The number of pyridine rings is 1. The lowest BCUT2D eigenvalue weighted by Crippen LogP contribution is -2.12. The first-order valence-corrected chi connectivity index (χ1v) is 15.6. The zero-order valence-corrected chi connectivity index (χ0v) is 26.3. The van der Waals surface area contributed by atoms with Crippen LogP contribution in [0.3, 0.4) is 0 Å². The first-order valence-electron chi connectivity index (χ1n) is 14.8. The lowest BCUT2D eigenvalue weighted by Gasteiger charge is -2.20. The van der Waals surface area contributed by atoms with Crippen molar-refractivity contribution >= 4 is 59.5 Å². The maximum absolute atomic E-state index is 6.80. The molecule has 0 saturated heterocycles. The highest BCUT2D eigenvalue weighted by Crippen LogP contribution is 2.42. The molecular weight excluding hydrogens is 606 g/mol. The molecule has 4 nitrogen and oxygen atoms in total. The number of aromatic nitrogens is 3. The summed E-state index contributed by atoms with van der Waals surface area (Å²) in [7, 11) is 0. The molecule has 5 heteroatoms. The van der Waals surface area contributed by atoms with Crippen LogP contribution in [0.15, 0.2) is 132 Å². The van der Waals surface area contributed by atoms with Gasteiger partial charge in [0.1, 0.15) is 11.6 Å². The molecule has 0 unspecified atom stereocenters. The van der Waals surface area contributed by atoms with E-state index in [1.807, 2.05) is 30.5 Å². The third kappa shape index (κ3) is 4.30. The van der Waals surface area contributed by atoms with Crippen molar-refractivity contribution in [3.8, 4) is 23.0 Å². The first-order chi connectivity index (χ1) is 21.4. The predicted octanol–water partition coefficient (Wildman–Crippen LogP) is 11.1. The number of benzene rings is 5. The molecule has 0 amide bonds. The van der Waals surface area contributed by atoms with Crippen LogP contribution < -0.4 is 4.74 Å². The summed E-state index contributed by atoms with van der Waals surface area (Å²) in [6, 6.07) is 42.6. The summed E-state index contributed by atoms with van der Waals surface area (Å²) in [6.07, 6.45) is 1.92. The van der Waals surface area contributed by atoms with Gasteiger partial charge in [-0.3, -0.25) is 4.57 Å². The third-order valence-corrected chi connectivity index (χ3v) is 8.93. The van der Waals surface area contributed by atoms with Gasteiger partial charge in [-0.25, -0.2) is 4.98 Å². The van der Waals surface area contributed by atoms with Gasteiger partial charge in [-0.2, -0.15) is 0 Å². The average Bonchev–Trinajstić information content (AvgIpc) is 3.53. The Balaban J connectivity index is 1.49. The minimum atomic E-state index is -0.00484. The van der Waals surface area contributed by atoms with Crippen molar-refractivity contribution in [2.75, 3.05) is 0 Å². The summed E-state index contributed by atoms with van der Waals surface area (Å²) in [5.41, 5.74) is 6.63. The number of halogens is 1. The number of ether oxygens (including phenoxy) is 1. The predicted molar refractivity (Wildman–Crippen MR) is 186 cm³/mol. The Labute approximate surface area is 264 Å². The molecule has 8 rings (SSSR count). The van der Waals surface area contributed by atoms with Crippen molar-refractivity contribution in [2.24, 2.45) is 0 Å². The fourth-order valence-electron chi connectivity index (χ4n) is 6.33. The zero-order valence-electron chi connectivity index (χ0n) is 24.8. The van der Waals surface area contributed by atoms with Gasteiger partial charge in [0.05, 0.1) is 27.8 Å². The van der Waals surface area contributed by atoms with Crippen LogP contribution in [-0.2, 0) is 5.41 Å². The van der Waals surface area contributed by atoms with Crippen molar-refractivity contribution < 1.29 is 4.74 Å². The summed E-state index contributed by atoms with van der Waals surface area (Å²) >= 11 is 3.63. The first kappa shape index (κ1) is 26.7. The topological polar surface area (TPSA) is 32.0 Å². The molecule has 0 bridgehead atoms. The molecule has 44 heavy (non-hydrogen) atoms. The minimum Gasteiger partial charge on any atom is -0.455 e. The second-order valence-electron chi connectivity index (χ2n) is 12.3. The SMILES string of the molecule is CC(C)(C)c1ccnc(-n2c3ccccc3c3cc(-n4c5ccccc5c5ccccc54)c(Oc4cccc(Br)c4)cc32)c1. The van der Waals surface area contributed by atoms with E-state index >= 15 is 0 Å². The maximum Gasteiger partial charge on any atom is 0.153 e. The van der Waals surface area contributed by atoms with Gasteiger partial charge in [0, 0.05) is 38.3 Å². The molecule has 5 aromatic carbocycles. The van der Waals surface area contributed by atoms with Crippen LogP contribution in [-0.4, -0.2) is 14.1 Å². The van der Waals surface area contributed by atoms with Crippen LogP contribution in [0.5, 0.6) is 11.5 Å². The summed E-state index contributed by atoms with van der Waals surface area (Å²) in [5.74, 6) is 2.41. The zero-order chi connectivity index (χ0) is 30.0. The van der Waals surface area contributed by atoms with Gasteiger partial charge in [-0.1, -0.05) is 97.4 Å². The van der Waals surface area contributed by atoms with E-state index in [-0.39, 0.29) is 5.41 Å². The maximum atomic E-state index is 6.80. The lowest BCUT2D eigenvalue weighted by molar-refractivity contribution is 0.481. The van der Waals surface area contributed by atoms with E-state index in [1.54, 1.807) is 0 Å². The summed E-state index contributed by atoms with van der Waals surface area (Å²) in [6.45, 7) is 6.71. The number of hydrogen-bond donors (Lipinski definition) is 0. The standard InChI is InChI=1S/C39H30BrN3O/c1-39(2,3)25-19-20-41-38(21-25)43-34-18-9-6-15-30(34)31-23-36(37(24-35(31)43)44-27-12-10-11-26(40)22-27)42-32-16-7-4-13-28(32)29-14-5-8-17-33(29)42/h4-24H,1-3H3. The number of hydrogen-bond acceptors (Lipinski definition) is 2. The molecule has 214 valence electrons. The van der Waals surface area contributed by atoms with Gasteiger partial charge in [-0.15, -0.1) is 0 Å². The Morgan fingerprint density at radius 1 is 0.591 bits per heavy atom. The van der Waals surface area contributed by atoms with Crippen LogP contribution in [0.4, 0.5) is 0 Å². The molecule has 0 N–H and O–H groups in total. The van der Waals surface area contributed by atoms with Crippen LogP contribution in [0, 0.1) is 0 Å². The fourth-order valence-corrected chi connectivity index (χ4v) is 6.71. The van der Waals surface area contributed by atoms with Gasteiger partial charge in [-0.05, 0) is 65.6 Å². The normalized spacial score (nSPS) is 12.1. The molecule has 3 heterocycles. The van der Waals surface area contributed by atoms with Crippen LogP contribution in [0.25, 0.3) is 55.1 Å². The molecule has 0 saturated carbocycles. The van der Waals surface area contributed by atoms with E-state index in [4.69, 9.17) is 9.72 Å². The van der Waals surface area contributed by atoms with Gasteiger partial charge >= 0.3 is 0 Å². The number of nitrogens with zero attached hydrogens (tertiary/aromatic N) is 3. The molecule has 0 radical (unpaired) electrons. The monoisotopic (exact) mass is 635 g/mol. The van der Waals surface area contributed by atoms with E-state index in [9.17, 15) is 0 Å². The molecule has 0 spiro atoms. The van der Waals surface area contributed by atoms with Crippen molar-refractivity contribution in [1.82, 2.24) is 14.1 Å². The fraction of sp³-hybridized carbons (Fsp3) is 0.103. The molecule has 0 fully saturated rings. The van der Waals surface area contributed by atoms with Gasteiger partial charge in [0.15, 0.2) is 5.75 Å². The smallest absolute Gasteiger partial charge is 0.153 e. The second kappa shape index (κ2) is 10.1. The van der Waals surface area contributed by atoms with Crippen molar-refractivity contribution in [3.05, 3.63) is 138 Å². The van der Waals surface area contributed by atoms with Crippen LogP contribution >= 0.6 is 15.9 Å². The van der Waals surface area contributed by atoms with E-state index in [0.717, 1.165) is 54.9 Å². The van der Waals surface area contributed by atoms with E-state index in [1.165, 1.54) is 21.7 Å². The summed E-state index contributed by atoms with van der Waals surface area (Å²) in [5, 5.41) is 4.73. The van der Waals surface area contributed by atoms with Crippen molar-refractivity contribution in [1.29, 1.82) is 0 Å². The van der Waals surface area contributed by atoms with E-state index in [0.29, 0.717) is 0 Å². The van der Waals surface area contributed by atoms with Gasteiger partial charge in [0.25, 0.3) is 0 Å². The van der Waals surface area contributed by atoms with E-state index < -0.39 is 0 Å². The number of para-hydroxylation sites is 3. The third-order valence-electron chi connectivity index (χ3n) is 8.44. The average molecular weight is 637 g/mol. The Morgan fingerprint density at radius 3 is 1.84 bits per heavy atom. The minimum absolute atomic E-state index is 0.00484. The highest BCUT2D eigenvalue weighted by molar-refractivity contribution is 9.10. The lowest BCUT2D eigenvalue weighted by atomic mass is 9.88. The number of rotatable bonds is 4. The second-order valence-corrected chi connectivity index (χ2v) is 13.2. The Kier molecular flexibility index (Phi) is 6.14. The van der Waals surface area contributed by atoms with Crippen molar-refractivity contribution in [2.45, 2.75) is 26.2 Å².